The van der Waals surface area contributed by atoms with E-state index in [1.807, 2.05) is 62.4 Å². The van der Waals surface area contributed by atoms with Crippen LogP contribution >= 0.6 is 0 Å². The van der Waals surface area contributed by atoms with E-state index in [0.717, 1.165) is 22.4 Å². The zero-order valence-corrected chi connectivity index (χ0v) is 17.3. The van der Waals surface area contributed by atoms with Crippen molar-refractivity contribution in [3.63, 3.8) is 0 Å². The summed E-state index contributed by atoms with van der Waals surface area (Å²) in [5, 5.41) is 7.05. The summed E-state index contributed by atoms with van der Waals surface area (Å²) in [5.74, 6) is -0.741. The molecule has 0 aliphatic rings. The number of nitrogens with zero attached hydrogens (tertiary/aromatic N) is 3. The van der Waals surface area contributed by atoms with Crippen LogP contribution in [0.2, 0.25) is 0 Å². The van der Waals surface area contributed by atoms with Crippen molar-refractivity contribution < 1.29 is 9.59 Å². The third-order valence-electron chi connectivity index (χ3n) is 4.73. The summed E-state index contributed by atoms with van der Waals surface area (Å²) in [4.78, 5) is 38.6. The average Bonchev–Trinajstić information content (AvgIpc) is 2.72. The number of para-hydroxylation sites is 1. The Balaban J connectivity index is 1.70. The monoisotopic (exact) mass is 404 g/mol. The fourth-order valence-electron chi connectivity index (χ4n) is 3.11. The Hall–Kier alpha value is -3.74. The number of hydrogen-bond acceptors (Lipinski definition) is 4. The Morgan fingerprint density at radius 3 is 2.30 bits per heavy atom. The van der Waals surface area contributed by atoms with E-state index in [4.69, 9.17) is 0 Å². The van der Waals surface area contributed by atoms with Gasteiger partial charge in [-0.15, -0.1) is 0 Å². The van der Waals surface area contributed by atoms with Crippen LogP contribution in [0.25, 0.3) is 0 Å². The molecule has 30 heavy (non-hydrogen) atoms. The summed E-state index contributed by atoms with van der Waals surface area (Å²) >= 11 is 0. The normalized spacial score (nSPS) is 10.5. The van der Waals surface area contributed by atoms with E-state index in [1.165, 1.54) is 28.8 Å². The Bertz CT molecular complexity index is 1100. The summed E-state index contributed by atoms with van der Waals surface area (Å²) in [6.45, 7) is 3.96. The smallest absolute Gasteiger partial charge is 0.274 e. The number of benzene rings is 2. The number of carbonyl (C=O) groups is 2. The lowest BCUT2D eigenvalue weighted by atomic mass is 10.1. The minimum atomic E-state index is -0.437. The third kappa shape index (κ3) is 5.00. The zero-order chi connectivity index (χ0) is 21.7. The molecule has 7 heteroatoms. The highest BCUT2D eigenvalue weighted by Gasteiger charge is 2.18. The number of aromatic nitrogens is 2. The van der Waals surface area contributed by atoms with Gasteiger partial charge in [-0.3, -0.25) is 14.4 Å². The molecule has 1 N–H and O–H groups in total. The first-order valence-corrected chi connectivity index (χ1v) is 9.59. The molecule has 0 aliphatic heterocycles. The number of aryl methyl sites for hydroxylation is 2. The SMILES string of the molecule is Cc1cccc(C)c1NC(=O)CN(C)C(=O)c1ccc(=O)n(Cc2ccccc2)n1. The van der Waals surface area contributed by atoms with Crippen molar-refractivity contribution in [1.82, 2.24) is 14.7 Å². The first-order chi connectivity index (χ1) is 14.3. The van der Waals surface area contributed by atoms with Crippen LogP contribution in [-0.2, 0) is 11.3 Å². The standard InChI is InChI=1S/C23H24N4O3/c1-16-8-7-9-17(2)22(16)24-20(28)15-26(3)23(30)19-12-13-21(29)27(25-19)14-18-10-5-4-6-11-18/h4-13H,14-15H2,1-3H3,(H,24,28). The van der Waals surface area contributed by atoms with Crippen LogP contribution in [0.3, 0.4) is 0 Å². The summed E-state index contributed by atoms with van der Waals surface area (Å²) in [6.07, 6.45) is 0. The van der Waals surface area contributed by atoms with Gasteiger partial charge in [-0.2, -0.15) is 5.10 Å². The molecule has 2 aromatic carbocycles. The van der Waals surface area contributed by atoms with Gasteiger partial charge in [-0.05, 0) is 36.6 Å². The third-order valence-corrected chi connectivity index (χ3v) is 4.73. The van der Waals surface area contributed by atoms with Gasteiger partial charge < -0.3 is 10.2 Å². The molecule has 7 nitrogen and oxygen atoms in total. The lowest BCUT2D eigenvalue weighted by molar-refractivity contribution is -0.116. The highest BCUT2D eigenvalue weighted by Crippen LogP contribution is 2.19. The van der Waals surface area contributed by atoms with Crippen LogP contribution in [-0.4, -0.2) is 40.1 Å². The summed E-state index contributed by atoms with van der Waals surface area (Å²) in [7, 11) is 1.53. The van der Waals surface area contributed by atoms with Gasteiger partial charge in [0.05, 0.1) is 13.1 Å². The van der Waals surface area contributed by atoms with Crippen molar-refractivity contribution in [3.05, 3.63) is 93.4 Å². The molecule has 0 spiro atoms. The largest absolute Gasteiger partial charge is 0.331 e. The molecule has 0 saturated heterocycles. The van der Waals surface area contributed by atoms with Gasteiger partial charge >= 0.3 is 0 Å². The molecule has 2 amide bonds. The van der Waals surface area contributed by atoms with Crippen molar-refractivity contribution >= 4 is 17.5 Å². The van der Waals surface area contributed by atoms with Gasteiger partial charge in [0.2, 0.25) is 5.91 Å². The zero-order valence-electron chi connectivity index (χ0n) is 17.3. The molecule has 0 unspecified atom stereocenters. The number of amides is 2. The number of nitrogens with one attached hydrogen (secondary N) is 1. The number of anilines is 1. The number of carbonyl (C=O) groups excluding carboxylic acids is 2. The molecule has 0 aliphatic carbocycles. The second-order valence-corrected chi connectivity index (χ2v) is 7.18. The van der Waals surface area contributed by atoms with E-state index in [0.29, 0.717) is 0 Å². The molecule has 0 radical (unpaired) electrons. The van der Waals surface area contributed by atoms with E-state index in [-0.39, 0.29) is 30.2 Å². The minimum Gasteiger partial charge on any atom is -0.331 e. The molecule has 1 heterocycles. The topological polar surface area (TPSA) is 84.3 Å². The molecule has 0 saturated carbocycles. The van der Waals surface area contributed by atoms with E-state index in [2.05, 4.69) is 10.4 Å². The van der Waals surface area contributed by atoms with Gasteiger partial charge in [0.1, 0.15) is 5.69 Å². The Morgan fingerprint density at radius 2 is 1.63 bits per heavy atom. The van der Waals surface area contributed by atoms with Crippen molar-refractivity contribution in [2.24, 2.45) is 0 Å². The molecule has 3 aromatic rings. The summed E-state index contributed by atoms with van der Waals surface area (Å²) in [5.41, 5.74) is 3.36. The fraction of sp³-hybridized carbons (Fsp3) is 0.217. The van der Waals surface area contributed by atoms with E-state index in [1.54, 1.807) is 0 Å². The molecule has 154 valence electrons. The second kappa shape index (κ2) is 9.17. The van der Waals surface area contributed by atoms with Gasteiger partial charge in [-0.25, -0.2) is 4.68 Å². The van der Waals surface area contributed by atoms with Gasteiger partial charge in [-0.1, -0.05) is 48.5 Å². The molecule has 0 atom stereocenters. The number of likely N-dealkylation sites (N-methyl/N-ethyl adjacent to an activating group) is 1. The van der Waals surface area contributed by atoms with E-state index < -0.39 is 5.91 Å². The van der Waals surface area contributed by atoms with Crippen LogP contribution in [0.1, 0.15) is 27.2 Å². The molecule has 0 bridgehead atoms. The molecule has 1 aromatic heterocycles. The molecular weight excluding hydrogens is 380 g/mol. The van der Waals surface area contributed by atoms with E-state index in [9.17, 15) is 14.4 Å². The Labute approximate surface area is 175 Å². The summed E-state index contributed by atoms with van der Waals surface area (Å²) in [6, 6.07) is 17.8. The predicted octanol–water partition coefficient (Wildman–Crippen LogP) is 2.62. The highest BCUT2D eigenvalue weighted by molar-refractivity contribution is 5.98. The molecule has 0 fully saturated rings. The quantitative estimate of drug-likeness (QED) is 0.685. The van der Waals surface area contributed by atoms with Crippen LogP contribution in [0.4, 0.5) is 5.69 Å². The minimum absolute atomic E-state index is 0.105. The van der Waals surface area contributed by atoms with E-state index >= 15 is 0 Å². The number of hydrogen-bond donors (Lipinski definition) is 1. The van der Waals surface area contributed by atoms with Crippen LogP contribution in [0.5, 0.6) is 0 Å². The second-order valence-electron chi connectivity index (χ2n) is 7.18. The van der Waals surface area contributed by atoms with Crippen LogP contribution < -0.4 is 10.9 Å². The fourth-order valence-corrected chi connectivity index (χ4v) is 3.11. The van der Waals surface area contributed by atoms with Crippen LogP contribution in [0.15, 0.2) is 65.5 Å². The van der Waals surface area contributed by atoms with Crippen molar-refractivity contribution in [3.8, 4) is 0 Å². The van der Waals surface area contributed by atoms with Gasteiger partial charge in [0.15, 0.2) is 0 Å². The lowest BCUT2D eigenvalue weighted by Gasteiger charge is -2.18. The maximum absolute atomic E-state index is 12.8. The maximum atomic E-state index is 12.8. The Kier molecular flexibility index (Phi) is 6.41. The lowest BCUT2D eigenvalue weighted by Crippen LogP contribution is -2.36. The average molecular weight is 404 g/mol. The Morgan fingerprint density at radius 1 is 0.967 bits per heavy atom. The molecule has 3 rings (SSSR count). The van der Waals surface area contributed by atoms with Gasteiger partial charge in [0, 0.05) is 18.8 Å². The highest BCUT2D eigenvalue weighted by atomic mass is 16.2. The van der Waals surface area contributed by atoms with Crippen LogP contribution in [0, 0.1) is 13.8 Å². The maximum Gasteiger partial charge on any atom is 0.274 e. The van der Waals surface area contributed by atoms with Crippen molar-refractivity contribution in [1.29, 1.82) is 0 Å². The number of rotatable bonds is 6. The van der Waals surface area contributed by atoms with Gasteiger partial charge in [0.25, 0.3) is 11.5 Å². The summed E-state index contributed by atoms with van der Waals surface area (Å²) < 4.78 is 1.24. The predicted molar refractivity (Wildman–Crippen MR) is 116 cm³/mol. The first kappa shape index (κ1) is 21.0. The molecular formula is C23H24N4O3. The van der Waals surface area contributed by atoms with Crippen molar-refractivity contribution in [2.45, 2.75) is 20.4 Å². The van der Waals surface area contributed by atoms with Crippen molar-refractivity contribution in [2.75, 3.05) is 18.9 Å². The first-order valence-electron chi connectivity index (χ1n) is 9.59.